The normalized spacial score (nSPS) is 10.4. The van der Waals surface area contributed by atoms with Gasteiger partial charge in [-0.25, -0.2) is 8.78 Å². The summed E-state index contributed by atoms with van der Waals surface area (Å²) in [6, 6.07) is 5.00. The largest absolute Gasteiger partial charge is 0.398 e. The topological polar surface area (TPSA) is 38.9 Å². The van der Waals surface area contributed by atoms with Gasteiger partial charge in [0.05, 0.1) is 0 Å². The number of nitrogen functional groups attached to an aromatic ring is 1. The molecule has 0 saturated heterocycles. The van der Waals surface area contributed by atoms with E-state index in [9.17, 15) is 8.78 Å². The standard InChI is InChI=1S/C12H10F2N2/c13-10-1-2-11(14)8(6-10)5-9-7-16-4-3-12(9)15/h1-4,6-7H,5H2,(H2,15,16). The van der Waals surface area contributed by atoms with Gasteiger partial charge in [0.25, 0.3) is 0 Å². The van der Waals surface area contributed by atoms with Crippen molar-refractivity contribution in [3.05, 3.63) is 59.4 Å². The maximum atomic E-state index is 13.4. The van der Waals surface area contributed by atoms with E-state index in [0.717, 1.165) is 12.1 Å². The number of nitrogens with two attached hydrogens (primary N) is 1. The molecule has 2 rings (SSSR count). The second-order valence-electron chi connectivity index (χ2n) is 3.49. The van der Waals surface area contributed by atoms with Gasteiger partial charge in [-0.3, -0.25) is 4.98 Å². The first-order valence-corrected chi connectivity index (χ1v) is 4.79. The lowest BCUT2D eigenvalue weighted by Gasteiger charge is -2.05. The fourth-order valence-corrected chi connectivity index (χ4v) is 1.47. The molecule has 82 valence electrons. The Bertz CT molecular complexity index is 512. The van der Waals surface area contributed by atoms with E-state index >= 15 is 0 Å². The van der Waals surface area contributed by atoms with Crippen LogP contribution in [0.2, 0.25) is 0 Å². The van der Waals surface area contributed by atoms with Crippen molar-refractivity contribution in [3.63, 3.8) is 0 Å². The summed E-state index contributed by atoms with van der Waals surface area (Å²) in [4.78, 5) is 3.90. The van der Waals surface area contributed by atoms with Crippen molar-refractivity contribution < 1.29 is 8.78 Å². The first-order chi connectivity index (χ1) is 7.66. The molecule has 0 atom stereocenters. The fourth-order valence-electron chi connectivity index (χ4n) is 1.47. The third-order valence-electron chi connectivity index (χ3n) is 2.33. The van der Waals surface area contributed by atoms with E-state index < -0.39 is 11.6 Å². The van der Waals surface area contributed by atoms with E-state index in [1.54, 1.807) is 18.5 Å². The average molecular weight is 220 g/mol. The number of hydrogen-bond donors (Lipinski definition) is 1. The Morgan fingerprint density at radius 1 is 1.12 bits per heavy atom. The van der Waals surface area contributed by atoms with Crippen LogP contribution < -0.4 is 5.73 Å². The molecular formula is C12H10F2N2. The number of hydrogen-bond acceptors (Lipinski definition) is 2. The highest BCUT2D eigenvalue weighted by Crippen LogP contribution is 2.18. The van der Waals surface area contributed by atoms with Gasteiger partial charge in [0.1, 0.15) is 11.6 Å². The number of halogens is 2. The van der Waals surface area contributed by atoms with Crippen LogP contribution in [0.5, 0.6) is 0 Å². The van der Waals surface area contributed by atoms with Gasteiger partial charge >= 0.3 is 0 Å². The molecule has 0 spiro atoms. The Balaban J connectivity index is 2.34. The Morgan fingerprint density at radius 2 is 1.94 bits per heavy atom. The number of pyridine rings is 1. The van der Waals surface area contributed by atoms with E-state index in [1.165, 1.54) is 6.07 Å². The van der Waals surface area contributed by atoms with Crippen LogP contribution >= 0.6 is 0 Å². The van der Waals surface area contributed by atoms with Crippen molar-refractivity contribution in [3.8, 4) is 0 Å². The van der Waals surface area contributed by atoms with Gasteiger partial charge in [-0.05, 0) is 35.4 Å². The van der Waals surface area contributed by atoms with Crippen molar-refractivity contribution in [1.82, 2.24) is 4.98 Å². The monoisotopic (exact) mass is 220 g/mol. The number of rotatable bonds is 2. The number of aromatic nitrogens is 1. The van der Waals surface area contributed by atoms with Gasteiger partial charge in [0, 0.05) is 24.5 Å². The van der Waals surface area contributed by atoms with Crippen LogP contribution in [-0.4, -0.2) is 4.98 Å². The molecule has 2 aromatic rings. The van der Waals surface area contributed by atoms with E-state index in [1.807, 2.05) is 0 Å². The molecule has 1 heterocycles. The third kappa shape index (κ3) is 2.16. The molecule has 0 radical (unpaired) electrons. The first kappa shape index (κ1) is 10.5. The van der Waals surface area contributed by atoms with E-state index in [2.05, 4.69) is 4.98 Å². The predicted octanol–water partition coefficient (Wildman–Crippen LogP) is 2.53. The molecule has 2 nitrogen and oxygen atoms in total. The van der Waals surface area contributed by atoms with E-state index in [4.69, 9.17) is 5.73 Å². The lowest BCUT2D eigenvalue weighted by molar-refractivity contribution is 0.588. The lowest BCUT2D eigenvalue weighted by atomic mass is 10.0. The van der Waals surface area contributed by atoms with Crippen LogP contribution in [0.1, 0.15) is 11.1 Å². The zero-order valence-corrected chi connectivity index (χ0v) is 8.45. The molecule has 0 aliphatic heterocycles. The molecule has 0 amide bonds. The quantitative estimate of drug-likeness (QED) is 0.844. The van der Waals surface area contributed by atoms with Crippen LogP contribution in [0, 0.1) is 11.6 Å². The Hall–Kier alpha value is -1.97. The highest BCUT2D eigenvalue weighted by Gasteiger charge is 2.07. The fraction of sp³-hybridized carbons (Fsp3) is 0.0833. The molecule has 0 saturated carbocycles. The molecule has 0 aliphatic carbocycles. The molecule has 1 aromatic heterocycles. The summed E-state index contributed by atoms with van der Waals surface area (Å²) < 4.78 is 26.3. The van der Waals surface area contributed by atoms with Gasteiger partial charge in [-0.15, -0.1) is 0 Å². The Morgan fingerprint density at radius 3 is 2.69 bits per heavy atom. The van der Waals surface area contributed by atoms with Crippen LogP contribution in [-0.2, 0) is 6.42 Å². The second kappa shape index (κ2) is 4.26. The van der Waals surface area contributed by atoms with Gasteiger partial charge < -0.3 is 5.73 Å². The van der Waals surface area contributed by atoms with Crippen molar-refractivity contribution in [2.24, 2.45) is 0 Å². The highest BCUT2D eigenvalue weighted by molar-refractivity contribution is 5.46. The van der Waals surface area contributed by atoms with Crippen LogP contribution in [0.25, 0.3) is 0 Å². The molecule has 0 aliphatic rings. The number of nitrogens with zero attached hydrogens (tertiary/aromatic N) is 1. The zero-order valence-electron chi connectivity index (χ0n) is 8.45. The second-order valence-corrected chi connectivity index (χ2v) is 3.49. The van der Waals surface area contributed by atoms with Crippen molar-refractivity contribution in [1.29, 1.82) is 0 Å². The summed E-state index contributed by atoms with van der Waals surface area (Å²) in [6.07, 6.45) is 3.35. The molecule has 0 unspecified atom stereocenters. The van der Waals surface area contributed by atoms with Gasteiger partial charge in [-0.2, -0.15) is 0 Å². The van der Waals surface area contributed by atoms with Gasteiger partial charge in [0.15, 0.2) is 0 Å². The SMILES string of the molecule is Nc1ccncc1Cc1cc(F)ccc1F. The minimum atomic E-state index is -0.459. The van der Waals surface area contributed by atoms with Gasteiger partial charge in [-0.1, -0.05) is 0 Å². The summed E-state index contributed by atoms with van der Waals surface area (Å²) in [5.74, 6) is -0.900. The highest BCUT2D eigenvalue weighted by atomic mass is 19.1. The number of anilines is 1. The number of benzene rings is 1. The van der Waals surface area contributed by atoms with E-state index in [-0.39, 0.29) is 12.0 Å². The van der Waals surface area contributed by atoms with Gasteiger partial charge in [0.2, 0.25) is 0 Å². The van der Waals surface area contributed by atoms with Crippen LogP contribution in [0.15, 0.2) is 36.7 Å². The third-order valence-corrected chi connectivity index (χ3v) is 2.33. The summed E-state index contributed by atoms with van der Waals surface area (Å²) in [5, 5.41) is 0. The van der Waals surface area contributed by atoms with Crippen LogP contribution in [0.4, 0.5) is 14.5 Å². The van der Waals surface area contributed by atoms with Crippen molar-refractivity contribution in [2.75, 3.05) is 5.73 Å². The first-order valence-electron chi connectivity index (χ1n) is 4.79. The lowest BCUT2D eigenvalue weighted by Crippen LogP contribution is -1.99. The average Bonchev–Trinajstić information content (AvgIpc) is 2.27. The zero-order chi connectivity index (χ0) is 11.5. The smallest absolute Gasteiger partial charge is 0.126 e. The van der Waals surface area contributed by atoms with E-state index in [0.29, 0.717) is 11.3 Å². The molecule has 0 bridgehead atoms. The van der Waals surface area contributed by atoms with Crippen LogP contribution in [0.3, 0.4) is 0 Å². The van der Waals surface area contributed by atoms with Crippen molar-refractivity contribution in [2.45, 2.75) is 6.42 Å². The summed E-state index contributed by atoms with van der Waals surface area (Å²) >= 11 is 0. The molecular weight excluding hydrogens is 210 g/mol. The molecule has 16 heavy (non-hydrogen) atoms. The maximum Gasteiger partial charge on any atom is 0.126 e. The predicted molar refractivity (Wildman–Crippen MR) is 57.8 cm³/mol. The minimum Gasteiger partial charge on any atom is -0.398 e. The minimum absolute atomic E-state index is 0.239. The van der Waals surface area contributed by atoms with Crippen molar-refractivity contribution >= 4 is 5.69 Å². The summed E-state index contributed by atoms with van der Waals surface area (Å²) in [5.41, 5.74) is 7.19. The Labute approximate surface area is 91.7 Å². The Kier molecular flexibility index (Phi) is 2.81. The molecule has 0 fully saturated rings. The molecule has 1 aromatic carbocycles. The maximum absolute atomic E-state index is 13.4. The summed E-state index contributed by atoms with van der Waals surface area (Å²) in [7, 11) is 0. The molecule has 4 heteroatoms. The summed E-state index contributed by atoms with van der Waals surface area (Å²) in [6.45, 7) is 0. The molecule has 2 N–H and O–H groups in total.